The zero-order chi connectivity index (χ0) is 18.0. The van der Waals surface area contributed by atoms with Gasteiger partial charge in [-0.25, -0.2) is 12.8 Å². The van der Waals surface area contributed by atoms with Gasteiger partial charge in [-0.3, -0.25) is 0 Å². The number of piperazine rings is 1. The summed E-state index contributed by atoms with van der Waals surface area (Å²) in [6.07, 6.45) is 0. The largest absolute Gasteiger partial charge is 0.494 e. The van der Waals surface area contributed by atoms with Crippen LogP contribution in [-0.2, 0) is 10.0 Å². The van der Waals surface area contributed by atoms with E-state index in [1.807, 2.05) is 12.1 Å². The predicted molar refractivity (Wildman–Crippen MR) is 93.9 cm³/mol. The number of nitrogens with one attached hydrogen (secondary N) is 1. The molecule has 1 aliphatic rings. The van der Waals surface area contributed by atoms with E-state index in [0.717, 1.165) is 11.6 Å². The molecule has 8 heteroatoms. The summed E-state index contributed by atoms with van der Waals surface area (Å²) < 4.78 is 46.2. The Morgan fingerprint density at radius 2 is 2.04 bits per heavy atom. The van der Waals surface area contributed by atoms with E-state index in [1.54, 1.807) is 12.1 Å². The van der Waals surface area contributed by atoms with Crippen LogP contribution in [0.2, 0.25) is 5.02 Å². The highest BCUT2D eigenvalue weighted by Gasteiger charge is 2.35. The maximum absolute atomic E-state index is 13.6. The quantitative estimate of drug-likeness (QED) is 0.880. The predicted octanol–water partition coefficient (Wildman–Crippen LogP) is 2.82. The number of benzene rings is 2. The summed E-state index contributed by atoms with van der Waals surface area (Å²) in [7, 11) is -2.54. The van der Waals surface area contributed by atoms with E-state index in [1.165, 1.54) is 23.5 Å². The third-order valence-corrected chi connectivity index (χ3v) is 6.44. The first-order valence-electron chi connectivity index (χ1n) is 7.75. The molecule has 0 radical (unpaired) electrons. The third-order valence-electron chi connectivity index (χ3n) is 4.19. The van der Waals surface area contributed by atoms with Crippen LogP contribution in [0, 0.1) is 5.82 Å². The van der Waals surface area contributed by atoms with E-state index in [2.05, 4.69) is 5.32 Å². The van der Waals surface area contributed by atoms with Crippen LogP contribution in [0.4, 0.5) is 4.39 Å². The Morgan fingerprint density at radius 3 is 2.76 bits per heavy atom. The lowest BCUT2D eigenvalue weighted by atomic mass is 10.1. The molecule has 5 nitrogen and oxygen atoms in total. The zero-order valence-corrected chi connectivity index (χ0v) is 15.1. The lowest BCUT2D eigenvalue weighted by Gasteiger charge is -2.35. The summed E-state index contributed by atoms with van der Waals surface area (Å²) in [6, 6.07) is 10.3. The van der Waals surface area contributed by atoms with E-state index < -0.39 is 21.9 Å². The molecule has 2 aromatic rings. The lowest BCUT2D eigenvalue weighted by molar-refractivity contribution is 0.271. The number of ether oxygens (including phenoxy) is 1. The van der Waals surface area contributed by atoms with Gasteiger partial charge in [-0.05, 0) is 23.8 Å². The maximum atomic E-state index is 13.6. The highest BCUT2D eigenvalue weighted by atomic mass is 35.5. The van der Waals surface area contributed by atoms with E-state index in [4.69, 9.17) is 16.3 Å². The van der Waals surface area contributed by atoms with Crippen LogP contribution in [0.1, 0.15) is 11.6 Å². The van der Waals surface area contributed by atoms with Gasteiger partial charge in [-0.15, -0.1) is 0 Å². The van der Waals surface area contributed by atoms with Crippen molar-refractivity contribution in [1.29, 1.82) is 0 Å². The molecule has 0 aromatic heterocycles. The van der Waals surface area contributed by atoms with Gasteiger partial charge in [0.1, 0.15) is 0 Å². The Hall–Kier alpha value is -1.67. The van der Waals surface area contributed by atoms with Gasteiger partial charge in [-0.1, -0.05) is 29.8 Å². The zero-order valence-electron chi connectivity index (χ0n) is 13.6. The molecule has 0 spiro atoms. The molecule has 1 fully saturated rings. The Kier molecular flexibility index (Phi) is 5.29. The SMILES string of the molecule is COc1cc(S(=O)(=O)N2CCNCC2c2ccccc2Cl)ccc1F. The number of nitrogens with zero attached hydrogens (tertiary/aromatic N) is 1. The number of hydrogen-bond donors (Lipinski definition) is 1. The highest BCUT2D eigenvalue weighted by Crippen LogP contribution is 2.33. The van der Waals surface area contributed by atoms with Gasteiger partial charge in [0.2, 0.25) is 10.0 Å². The normalized spacial score (nSPS) is 18.9. The smallest absolute Gasteiger partial charge is 0.243 e. The van der Waals surface area contributed by atoms with Crippen molar-refractivity contribution in [1.82, 2.24) is 9.62 Å². The first-order chi connectivity index (χ1) is 11.9. The van der Waals surface area contributed by atoms with Crippen LogP contribution in [0.25, 0.3) is 0 Å². The summed E-state index contributed by atoms with van der Waals surface area (Å²) in [6.45, 7) is 1.26. The van der Waals surface area contributed by atoms with Crippen molar-refractivity contribution in [2.45, 2.75) is 10.9 Å². The van der Waals surface area contributed by atoms with Crippen molar-refractivity contribution in [3.05, 3.63) is 58.9 Å². The minimum atomic E-state index is -3.84. The average Bonchev–Trinajstić information content (AvgIpc) is 2.62. The second-order valence-corrected chi connectivity index (χ2v) is 7.95. The van der Waals surface area contributed by atoms with E-state index in [-0.39, 0.29) is 17.2 Å². The summed E-state index contributed by atoms with van der Waals surface area (Å²) in [4.78, 5) is -0.00953. The topological polar surface area (TPSA) is 58.6 Å². The molecule has 1 heterocycles. The van der Waals surface area contributed by atoms with Crippen LogP contribution in [0.5, 0.6) is 5.75 Å². The molecule has 2 aromatic carbocycles. The third kappa shape index (κ3) is 3.50. The molecule has 1 unspecified atom stereocenters. The van der Waals surface area contributed by atoms with Gasteiger partial charge in [0.25, 0.3) is 0 Å². The molecule has 0 amide bonds. The van der Waals surface area contributed by atoms with Crippen molar-refractivity contribution in [2.24, 2.45) is 0 Å². The minimum Gasteiger partial charge on any atom is -0.494 e. The fraction of sp³-hybridized carbons (Fsp3) is 0.294. The number of sulfonamides is 1. The summed E-state index contributed by atoms with van der Waals surface area (Å²) >= 11 is 6.27. The fourth-order valence-electron chi connectivity index (χ4n) is 2.92. The average molecular weight is 385 g/mol. The van der Waals surface area contributed by atoms with Crippen molar-refractivity contribution < 1.29 is 17.5 Å². The standard InChI is InChI=1S/C17H18ClFN2O3S/c1-24-17-10-12(6-7-15(17)19)25(22,23)21-9-8-20-11-16(21)13-4-2-3-5-14(13)18/h2-7,10,16,20H,8-9,11H2,1H3. The molecule has 1 aliphatic heterocycles. The first kappa shape index (κ1) is 18.1. The lowest BCUT2D eigenvalue weighted by Crippen LogP contribution is -2.48. The Bertz CT molecular complexity index is 876. The van der Waals surface area contributed by atoms with Gasteiger partial charge in [0.15, 0.2) is 11.6 Å². The van der Waals surface area contributed by atoms with E-state index >= 15 is 0 Å². The van der Waals surface area contributed by atoms with Crippen molar-refractivity contribution >= 4 is 21.6 Å². The Morgan fingerprint density at radius 1 is 1.28 bits per heavy atom. The molecule has 134 valence electrons. The number of halogens is 2. The van der Waals surface area contributed by atoms with E-state index in [0.29, 0.717) is 18.1 Å². The van der Waals surface area contributed by atoms with Crippen LogP contribution in [-0.4, -0.2) is 39.5 Å². The van der Waals surface area contributed by atoms with Gasteiger partial charge >= 0.3 is 0 Å². The van der Waals surface area contributed by atoms with Crippen LogP contribution in [0.15, 0.2) is 47.4 Å². The minimum absolute atomic E-state index is 0.00953. The second kappa shape index (κ2) is 7.29. The highest BCUT2D eigenvalue weighted by molar-refractivity contribution is 7.89. The monoisotopic (exact) mass is 384 g/mol. The van der Waals surface area contributed by atoms with Gasteiger partial charge in [0.05, 0.1) is 18.0 Å². The number of methoxy groups -OCH3 is 1. The number of rotatable bonds is 4. The van der Waals surface area contributed by atoms with Crippen LogP contribution in [0.3, 0.4) is 0 Å². The molecular formula is C17H18ClFN2O3S. The number of hydrogen-bond acceptors (Lipinski definition) is 4. The maximum Gasteiger partial charge on any atom is 0.243 e. The van der Waals surface area contributed by atoms with Crippen LogP contribution >= 0.6 is 11.6 Å². The molecule has 1 atom stereocenters. The van der Waals surface area contributed by atoms with Gasteiger partial charge in [0, 0.05) is 30.7 Å². The van der Waals surface area contributed by atoms with Gasteiger partial charge in [-0.2, -0.15) is 4.31 Å². The van der Waals surface area contributed by atoms with Gasteiger partial charge < -0.3 is 10.1 Å². The Labute approximate surface area is 151 Å². The molecule has 0 saturated carbocycles. The molecule has 3 rings (SSSR count). The van der Waals surface area contributed by atoms with Crippen LogP contribution < -0.4 is 10.1 Å². The van der Waals surface area contributed by atoms with Crippen molar-refractivity contribution in [3.63, 3.8) is 0 Å². The molecule has 0 bridgehead atoms. The second-order valence-electron chi connectivity index (χ2n) is 5.65. The molecular weight excluding hydrogens is 367 g/mol. The molecule has 25 heavy (non-hydrogen) atoms. The van der Waals surface area contributed by atoms with Crippen molar-refractivity contribution in [3.8, 4) is 5.75 Å². The Balaban J connectivity index is 2.03. The molecule has 1 N–H and O–H groups in total. The fourth-order valence-corrected chi connectivity index (χ4v) is 4.80. The summed E-state index contributed by atoms with van der Waals surface area (Å²) in [5.74, 6) is -0.713. The molecule has 1 saturated heterocycles. The van der Waals surface area contributed by atoms with E-state index in [9.17, 15) is 12.8 Å². The van der Waals surface area contributed by atoms with Crippen molar-refractivity contribution in [2.75, 3.05) is 26.7 Å². The first-order valence-corrected chi connectivity index (χ1v) is 9.57. The molecule has 0 aliphatic carbocycles. The summed E-state index contributed by atoms with van der Waals surface area (Å²) in [5, 5.41) is 3.70. The summed E-state index contributed by atoms with van der Waals surface area (Å²) in [5.41, 5.74) is 0.731.